The molecule has 4 rings (SSSR count). The van der Waals surface area contributed by atoms with Gasteiger partial charge in [-0.3, -0.25) is 9.69 Å². The summed E-state index contributed by atoms with van der Waals surface area (Å²) in [6, 6.07) is 12.9. The minimum Gasteiger partial charge on any atom is -0.447 e. The zero-order valence-electron chi connectivity index (χ0n) is 15.6. The molecule has 0 saturated heterocycles. The Balaban J connectivity index is 1.99. The Bertz CT molecular complexity index is 1080. The van der Waals surface area contributed by atoms with E-state index in [1.807, 2.05) is 43.5 Å². The van der Waals surface area contributed by atoms with Gasteiger partial charge in [-0.05, 0) is 36.6 Å². The number of hydrogen-bond donors (Lipinski definition) is 0. The average molecular weight is 492 g/mol. The molecule has 6 nitrogen and oxygen atoms in total. The molecule has 2 aromatic carbocycles. The fourth-order valence-electron chi connectivity index (χ4n) is 3.11. The van der Waals surface area contributed by atoms with E-state index in [0.717, 1.165) is 15.6 Å². The predicted octanol–water partition coefficient (Wildman–Crippen LogP) is 5.51. The summed E-state index contributed by atoms with van der Waals surface area (Å²) in [5.74, 6) is 0.245. The van der Waals surface area contributed by atoms with Crippen LogP contribution < -0.4 is 9.64 Å². The Kier molecular flexibility index (Phi) is 5.76. The van der Waals surface area contributed by atoms with Gasteiger partial charge in [-0.2, -0.15) is 4.98 Å². The van der Waals surface area contributed by atoms with Crippen molar-refractivity contribution < 1.29 is 9.53 Å². The Labute approximate surface area is 185 Å². The third-order valence-corrected chi connectivity index (χ3v) is 5.76. The fraction of sp³-hybridized carbons (Fsp3) is 0.200. The monoisotopic (exact) mass is 490 g/mol. The van der Waals surface area contributed by atoms with Gasteiger partial charge in [0.15, 0.2) is 5.69 Å². The molecule has 9 heteroatoms. The highest BCUT2D eigenvalue weighted by Crippen LogP contribution is 2.44. The lowest BCUT2D eigenvalue weighted by Crippen LogP contribution is -2.37. The standard InChI is InChI=1S/C20H16BrClN4O2S/c1-3-16(27)26-15-9-6-12(21)10-14(15)17-18(23-20(29-2)25-24-17)28-19(26)11-4-7-13(22)8-5-11/h4-10,19H,3H2,1-2H3. The largest absolute Gasteiger partial charge is 0.447 e. The van der Waals surface area contributed by atoms with E-state index >= 15 is 0 Å². The second-order valence-corrected chi connectivity index (χ2v) is 8.38. The molecule has 148 valence electrons. The number of nitrogens with zero attached hydrogens (tertiary/aromatic N) is 4. The molecule has 1 amide bonds. The van der Waals surface area contributed by atoms with Crippen molar-refractivity contribution in [3.63, 3.8) is 0 Å². The van der Waals surface area contributed by atoms with E-state index in [0.29, 0.717) is 33.9 Å². The first kappa shape index (κ1) is 20.1. The Morgan fingerprint density at radius 1 is 1.24 bits per heavy atom. The molecule has 1 aliphatic heterocycles. The van der Waals surface area contributed by atoms with Crippen LogP contribution >= 0.6 is 39.3 Å². The molecular formula is C20H16BrClN4O2S. The van der Waals surface area contributed by atoms with Crippen LogP contribution in [0.15, 0.2) is 52.1 Å². The molecule has 0 fully saturated rings. The SMILES string of the molecule is CCC(=O)N1c2ccc(Br)cc2-c2nnc(SC)nc2OC1c1ccc(Cl)cc1. The molecule has 0 N–H and O–H groups in total. The number of anilines is 1. The highest BCUT2D eigenvalue weighted by molar-refractivity contribution is 9.10. The van der Waals surface area contributed by atoms with Crippen LogP contribution in [-0.2, 0) is 4.79 Å². The molecule has 1 aliphatic rings. The van der Waals surface area contributed by atoms with Crippen LogP contribution in [0, 0.1) is 0 Å². The summed E-state index contributed by atoms with van der Waals surface area (Å²) in [4.78, 5) is 19.2. The molecule has 0 aliphatic carbocycles. The van der Waals surface area contributed by atoms with Gasteiger partial charge in [-0.15, -0.1) is 10.2 Å². The topological polar surface area (TPSA) is 68.2 Å². The van der Waals surface area contributed by atoms with Gasteiger partial charge in [0.25, 0.3) is 0 Å². The maximum absolute atomic E-state index is 13.0. The molecule has 1 atom stereocenters. The lowest BCUT2D eigenvalue weighted by atomic mass is 10.1. The smallest absolute Gasteiger partial charge is 0.247 e. The van der Waals surface area contributed by atoms with E-state index in [1.54, 1.807) is 17.0 Å². The third-order valence-electron chi connectivity index (χ3n) is 4.48. The normalized spacial score (nSPS) is 15.2. The van der Waals surface area contributed by atoms with E-state index in [-0.39, 0.29) is 5.91 Å². The molecule has 3 aromatic rings. The van der Waals surface area contributed by atoms with Crippen LogP contribution in [0.5, 0.6) is 5.88 Å². The van der Waals surface area contributed by atoms with Crippen molar-refractivity contribution in [2.24, 2.45) is 0 Å². The number of aromatic nitrogens is 3. The van der Waals surface area contributed by atoms with Crippen LogP contribution in [-0.4, -0.2) is 27.3 Å². The second-order valence-electron chi connectivity index (χ2n) is 6.25. The van der Waals surface area contributed by atoms with Crippen LogP contribution in [0.4, 0.5) is 5.69 Å². The van der Waals surface area contributed by atoms with Crippen LogP contribution in [0.3, 0.4) is 0 Å². The van der Waals surface area contributed by atoms with Crippen molar-refractivity contribution in [2.75, 3.05) is 11.2 Å². The number of carbonyl (C=O) groups excluding carboxylic acids is 1. The molecule has 1 unspecified atom stereocenters. The zero-order valence-corrected chi connectivity index (χ0v) is 18.8. The minimum absolute atomic E-state index is 0.0839. The van der Waals surface area contributed by atoms with Gasteiger partial charge in [0.1, 0.15) is 0 Å². The van der Waals surface area contributed by atoms with Gasteiger partial charge >= 0.3 is 0 Å². The number of halogens is 2. The Morgan fingerprint density at radius 2 is 2.00 bits per heavy atom. The zero-order chi connectivity index (χ0) is 20.5. The summed E-state index contributed by atoms with van der Waals surface area (Å²) < 4.78 is 7.16. The van der Waals surface area contributed by atoms with Crippen molar-refractivity contribution in [2.45, 2.75) is 24.7 Å². The van der Waals surface area contributed by atoms with E-state index in [1.165, 1.54) is 11.8 Å². The number of ether oxygens (including phenoxy) is 1. The van der Waals surface area contributed by atoms with E-state index < -0.39 is 6.23 Å². The number of thioether (sulfide) groups is 1. The average Bonchev–Trinajstić information content (AvgIpc) is 2.87. The van der Waals surface area contributed by atoms with Crippen LogP contribution in [0.2, 0.25) is 5.02 Å². The van der Waals surface area contributed by atoms with Crippen molar-refractivity contribution in [3.8, 4) is 17.1 Å². The first-order valence-electron chi connectivity index (χ1n) is 8.84. The molecule has 0 bridgehead atoms. The summed E-state index contributed by atoms with van der Waals surface area (Å²) in [5.41, 5.74) is 2.68. The molecule has 2 heterocycles. The lowest BCUT2D eigenvalue weighted by Gasteiger charge is -2.30. The Hall–Kier alpha value is -2.16. The summed E-state index contributed by atoms with van der Waals surface area (Å²) >= 11 is 10.9. The van der Waals surface area contributed by atoms with Gasteiger partial charge in [-0.1, -0.05) is 58.3 Å². The molecule has 1 aromatic heterocycles. The maximum Gasteiger partial charge on any atom is 0.247 e. The molecular weight excluding hydrogens is 476 g/mol. The number of amides is 1. The minimum atomic E-state index is -0.715. The van der Waals surface area contributed by atoms with Crippen molar-refractivity contribution in [3.05, 3.63) is 57.5 Å². The molecule has 29 heavy (non-hydrogen) atoms. The number of carbonyl (C=O) groups is 1. The lowest BCUT2D eigenvalue weighted by molar-refractivity contribution is -0.120. The summed E-state index contributed by atoms with van der Waals surface area (Å²) in [7, 11) is 0. The van der Waals surface area contributed by atoms with Gasteiger partial charge in [-0.25, -0.2) is 0 Å². The summed E-state index contributed by atoms with van der Waals surface area (Å²) in [6.07, 6.45) is 1.47. The fourth-order valence-corrected chi connectivity index (χ4v) is 3.89. The molecule has 0 spiro atoms. The number of hydrogen-bond acceptors (Lipinski definition) is 6. The summed E-state index contributed by atoms with van der Waals surface area (Å²) in [5, 5.41) is 9.62. The second kappa shape index (κ2) is 8.30. The number of benzene rings is 2. The van der Waals surface area contributed by atoms with E-state index in [9.17, 15) is 4.79 Å². The third kappa shape index (κ3) is 3.84. The van der Waals surface area contributed by atoms with Gasteiger partial charge < -0.3 is 4.74 Å². The van der Waals surface area contributed by atoms with E-state index in [4.69, 9.17) is 16.3 Å². The first-order valence-corrected chi connectivity index (χ1v) is 11.2. The van der Waals surface area contributed by atoms with Gasteiger partial charge in [0.2, 0.25) is 23.2 Å². The highest BCUT2D eigenvalue weighted by atomic mass is 79.9. The number of fused-ring (bicyclic) bond motifs is 3. The first-order chi connectivity index (χ1) is 14.0. The molecule has 0 saturated carbocycles. The molecule has 0 radical (unpaired) electrons. The summed E-state index contributed by atoms with van der Waals surface area (Å²) in [6.45, 7) is 1.82. The van der Waals surface area contributed by atoms with Gasteiger partial charge in [0, 0.05) is 27.0 Å². The maximum atomic E-state index is 13.0. The predicted molar refractivity (Wildman–Crippen MR) is 117 cm³/mol. The number of rotatable bonds is 3. The highest BCUT2D eigenvalue weighted by Gasteiger charge is 2.35. The van der Waals surface area contributed by atoms with Crippen molar-refractivity contribution in [1.82, 2.24) is 15.2 Å². The van der Waals surface area contributed by atoms with Crippen LogP contribution in [0.1, 0.15) is 25.1 Å². The quantitative estimate of drug-likeness (QED) is 0.450. The van der Waals surface area contributed by atoms with Crippen molar-refractivity contribution >= 4 is 50.9 Å². The van der Waals surface area contributed by atoms with E-state index in [2.05, 4.69) is 31.1 Å². The Morgan fingerprint density at radius 3 is 2.69 bits per heavy atom. The van der Waals surface area contributed by atoms with Gasteiger partial charge in [0.05, 0.1) is 5.69 Å². The van der Waals surface area contributed by atoms with Crippen LogP contribution in [0.25, 0.3) is 11.3 Å². The van der Waals surface area contributed by atoms with Crippen molar-refractivity contribution in [1.29, 1.82) is 0 Å².